The number of aromatic nitrogens is 2. The SMILES string of the molecule is COc1cccc(N2CCN(c3ccc(=O)n(CCOc4ccccc4Cl)n3)CC2)c1. The molecule has 4 rings (SSSR count). The highest BCUT2D eigenvalue weighted by atomic mass is 35.5. The third kappa shape index (κ3) is 5.11. The molecule has 31 heavy (non-hydrogen) atoms. The Kier molecular flexibility index (Phi) is 6.62. The Bertz CT molecular complexity index is 1080. The summed E-state index contributed by atoms with van der Waals surface area (Å²) in [7, 11) is 1.68. The third-order valence-electron chi connectivity index (χ3n) is 5.27. The molecule has 1 saturated heterocycles. The van der Waals surface area contributed by atoms with Crippen molar-refractivity contribution in [2.75, 3.05) is 49.7 Å². The van der Waals surface area contributed by atoms with Crippen LogP contribution in [0.2, 0.25) is 5.02 Å². The zero-order chi connectivity index (χ0) is 21.6. The van der Waals surface area contributed by atoms with E-state index in [0.29, 0.717) is 23.9 Å². The number of para-hydroxylation sites is 1. The fourth-order valence-electron chi connectivity index (χ4n) is 3.57. The highest BCUT2D eigenvalue weighted by Crippen LogP contribution is 2.24. The highest BCUT2D eigenvalue weighted by molar-refractivity contribution is 6.32. The van der Waals surface area contributed by atoms with E-state index in [2.05, 4.69) is 21.0 Å². The minimum Gasteiger partial charge on any atom is -0.497 e. The van der Waals surface area contributed by atoms with Gasteiger partial charge in [0.2, 0.25) is 0 Å². The van der Waals surface area contributed by atoms with Gasteiger partial charge in [-0.15, -0.1) is 0 Å². The van der Waals surface area contributed by atoms with Gasteiger partial charge in [-0.2, -0.15) is 5.10 Å². The number of piperazine rings is 1. The van der Waals surface area contributed by atoms with Gasteiger partial charge < -0.3 is 19.3 Å². The molecule has 2 aromatic carbocycles. The normalized spacial score (nSPS) is 13.9. The number of hydrogen-bond donors (Lipinski definition) is 0. The van der Waals surface area contributed by atoms with Crippen molar-refractivity contribution >= 4 is 23.1 Å². The Balaban J connectivity index is 1.37. The van der Waals surface area contributed by atoms with Gasteiger partial charge in [-0.05, 0) is 30.3 Å². The van der Waals surface area contributed by atoms with Crippen LogP contribution in [0.5, 0.6) is 11.5 Å². The summed E-state index contributed by atoms with van der Waals surface area (Å²) in [5.74, 6) is 2.25. The second-order valence-electron chi connectivity index (χ2n) is 7.21. The number of benzene rings is 2. The van der Waals surface area contributed by atoms with Crippen LogP contribution in [0.1, 0.15) is 0 Å². The van der Waals surface area contributed by atoms with Crippen molar-refractivity contribution in [2.45, 2.75) is 6.54 Å². The Morgan fingerprint density at radius 1 is 0.968 bits per heavy atom. The van der Waals surface area contributed by atoms with Crippen LogP contribution in [0.4, 0.5) is 11.5 Å². The number of hydrogen-bond acceptors (Lipinski definition) is 6. The summed E-state index contributed by atoms with van der Waals surface area (Å²) in [6, 6.07) is 18.7. The second kappa shape index (κ2) is 9.75. The molecule has 0 bridgehead atoms. The maximum absolute atomic E-state index is 12.2. The average Bonchev–Trinajstić information content (AvgIpc) is 2.81. The van der Waals surface area contributed by atoms with Gasteiger partial charge in [0, 0.05) is 44.0 Å². The van der Waals surface area contributed by atoms with Crippen molar-refractivity contribution in [3.8, 4) is 11.5 Å². The van der Waals surface area contributed by atoms with Gasteiger partial charge in [0.25, 0.3) is 5.56 Å². The molecule has 0 unspecified atom stereocenters. The van der Waals surface area contributed by atoms with E-state index < -0.39 is 0 Å². The minimum atomic E-state index is -0.151. The molecule has 0 atom stereocenters. The maximum atomic E-state index is 12.2. The van der Waals surface area contributed by atoms with Crippen molar-refractivity contribution in [3.05, 3.63) is 76.0 Å². The van der Waals surface area contributed by atoms with E-state index in [1.807, 2.05) is 30.3 Å². The fraction of sp³-hybridized carbons (Fsp3) is 0.304. The van der Waals surface area contributed by atoms with E-state index in [0.717, 1.165) is 43.4 Å². The largest absolute Gasteiger partial charge is 0.497 e. The number of anilines is 2. The molecule has 1 aliphatic rings. The summed E-state index contributed by atoms with van der Waals surface area (Å²) in [5.41, 5.74) is 0.996. The lowest BCUT2D eigenvalue weighted by Crippen LogP contribution is -2.47. The molecule has 3 aromatic rings. The van der Waals surface area contributed by atoms with Crippen LogP contribution in [-0.2, 0) is 6.54 Å². The summed E-state index contributed by atoms with van der Waals surface area (Å²) in [5, 5.41) is 5.10. The topological polar surface area (TPSA) is 59.8 Å². The van der Waals surface area contributed by atoms with E-state index in [1.54, 1.807) is 31.4 Å². The Morgan fingerprint density at radius 3 is 2.52 bits per heavy atom. The van der Waals surface area contributed by atoms with Gasteiger partial charge in [0.1, 0.15) is 23.9 Å². The van der Waals surface area contributed by atoms with Crippen molar-refractivity contribution in [1.82, 2.24) is 9.78 Å². The summed E-state index contributed by atoms with van der Waals surface area (Å²) in [6.07, 6.45) is 0. The molecule has 0 amide bonds. The van der Waals surface area contributed by atoms with Crippen LogP contribution < -0.4 is 24.8 Å². The second-order valence-corrected chi connectivity index (χ2v) is 7.61. The molecule has 0 aliphatic carbocycles. The number of methoxy groups -OCH3 is 1. The predicted molar refractivity (Wildman–Crippen MR) is 123 cm³/mol. The molecule has 8 heteroatoms. The van der Waals surface area contributed by atoms with Crippen LogP contribution in [0.25, 0.3) is 0 Å². The highest BCUT2D eigenvalue weighted by Gasteiger charge is 2.19. The zero-order valence-corrected chi connectivity index (χ0v) is 18.2. The van der Waals surface area contributed by atoms with E-state index in [9.17, 15) is 4.79 Å². The van der Waals surface area contributed by atoms with Gasteiger partial charge in [0.05, 0.1) is 18.7 Å². The summed E-state index contributed by atoms with van der Waals surface area (Å²) >= 11 is 6.11. The molecule has 2 heterocycles. The first kappa shape index (κ1) is 21.1. The van der Waals surface area contributed by atoms with Gasteiger partial charge >= 0.3 is 0 Å². The van der Waals surface area contributed by atoms with Crippen molar-refractivity contribution < 1.29 is 9.47 Å². The quantitative estimate of drug-likeness (QED) is 0.561. The van der Waals surface area contributed by atoms with E-state index in [1.165, 1.54) is 4.68 Å². The van der Waals surface area contributed by atoms with Crippen LogP contribution in [0, 0.1) is 0 Å². The zero-order valence-electron chi connectivity index (χ0n) is 17.4. The predicted octanol–water partition coefficient (Wildman–Crippen LogP) is 3.31. The summed E-state index contributed by atoms with van der Waals surface area (Å²) < 4.78 is 12.5. The van der Waals surface area contributed by atoms with Gasteiger partial charge in [-0.1, -0.05) is 29.8 Å². The lowest BCUT2D eigenvalue weighted by molar-refractivity contribution is 0.288. The van der Waals surface area contributed by atoms with Crippen LogP contribution in [-0.4, -0.2) is 49.7 Å². The number of halogens is 1. The van der Waals surface area contributed by atoms with Crippen LogP contribution in [0.15, 0.2) is 65.5 Å². The van der Waals surface area contributed by atoms with Crippen LogP contribution >= 0.6 is 11.6 Å². The lowest BCUT2D eigenvalue weighted by Gasteiger charge is -2.36. The first-order valence-corrected chi connectivity index (χ1v) is 10.6. The summed E-state index contributed by atoms with van der Waals surface area (Å²) in [4.78, 5) is 16.8. The average molecular weight is 441 g/mol. The molecule has 1 fully saturated rings. The molecule has 1 aliphatic heterocycles. The molecule has 0 spiro atoms. The van der Waals surface area contributed by atoms with Gasteiger partial charge in [-0.3, -0.25) is 4.79 Å². The Hall–Kier alpha value is -3.19. The number of rotatable bonds is 7. The number of ether oxygens (including phenoxy) is 2. The van der Waals surface area contributed by atoms with E-state index >= 15 is 0 Å². The third-order valence-corrected chi connectivity index (χ3v) is 5.58. The standard InChI is InChI=1S/C23H25ClN4O3/c1-30-19-6-4-5-18(17-19)26-11-13-27(14-12-26)22-9-10-23(29)28(25-22)15-16-31-21-8-3-2-7-20(21)24/h2-10,17H,11-16H2,1H3. The van der Waals surface area contributed by atoms with Crippen molar-refractivity contribution in [2.24, 2.45) is 0 Å². The monoisotopic (exact) mass is 440 g/mol. The molecular formula is C23H25ClN4O3. The van der Waals surface area contributed by atoms with Crippen LogP contribution in [0.3, 0.4) is 0 Å². The first-order chi connectivity index (χ1) is 15.1. The lowest BCUT2D eigenvalue weighted by atomic mass is 10.2. The van der Waals surface area contributed by atoms with Gasteiger partial charge in [0.15, 0.2) is 0 Å². The molecule has 7 nitrogen and oxygen atoms in total. The molecule has 0 radical (unpaired) electrons. The van der Waals surface area contributed by atoms with Gasteiger partial charge in [-0.25, -0.2) is 4.68 Å². The Morgan fingerprint density at radius 2 is 1.74 bits per heavy atom. The Labute approximate surface area is 186 Å². The van der Waals surface area contributed by atoms with Crippen molar-refractivity contribution in [1.29, 1.82) is 0 Å². The maximum Gasteiger partial charge on any atom is 0.266 e. The van der Waals surface area contributed by atoms with E-state index in [4.69, 9.17) is 21.1 Å². The first-order valence-electron chi connectivity index (χ1n) is 10.2. The smallest absolute Gasteiger partial charge is 0.266 e. The minimum absolute atomic E-state index is 0.151. The molecule has 0 N–H and O–H groups in total. The van der Waals surface area contributed by atoms with Crippen molar-refractivity contribution in [3.63, 3.8) is 0 Å². The molecule has 162 valence electrons. The molecule has 0 saturated carbocycles. The summed E-state index contributed by atoms with van der Waals surface area (Å²) in [6.45, 7) is 4.02. The number of nitrogens with zero attached hydrogens (tertiary/aromatic N) is 4. The fourth-order valence-corrected chi connectivity index (χ4v) is 3.76. The molecular weight excluding hydrogens is 416 g/mol. The molecule has 1 aromatic heterocycles. The van der Waals surface area contributed by atoms with E-state index in [-0.39, 0.29) is 5.56 Å².